The van der Waals surface area contributed by atoms with E-state index in [1.54, 1.807) is 4.90 Å². The third-order valence-corrected chi connectivity index (χ3v) is 7.11. The SMILES string of the molecule is CC(C)(C)OC(=O)N1CCN(c2ccc(-c3ccc(C(F)(F)F)cc3)cc2NCc2ccc3ccccc3c2)CC1. The summed E-state index contributed by atoms with van der Waals surface area (Å²) < 4.78 is 44.9. The summed E-state index contributed by atoms with van der Waals surface area (Å²) in [6.45, 7) is 8.45. The Kier molecular flexibility index (Phi) is 7.84. The van der Waals surface area contributed by atoms with Crippen LogP contribution < -0.4 is 10.2 Å². The van der Waals surface area contributed by atoms with E-state index in [1.165, 1.54) is 17.5 Å². The molecule has 0 bridgehead atoms. The number of rotatable bonds is 5. The Labute approximate surface area is 238 Å². The van der Waals surface area contributed by atoms with Gasteiger partial charge >= 0.3 is 12.3 Å². The molecule has 1 heterocycles. The van der Waals surface area contributed by atoms with Crippen molar-refractivity contribution >= 4 is 28.2 Å². The zero-order valence-electron chi connectivity index (χ0n) is 23.5. The lowest BCUT2D eigenvalue weighted by Gasteiger charge is -2.37. The Morgan fingerprint density at radius 2 is 1.46 bits per heavy atom. The number of amides is 1. The number of benzene rings is 4. The van der Waals surface area contributed by atoms with Gasteiger partial charge in [-0.05, 0) is 78.6 Å². The van der Waals surface area contributed by atoms with E-state index in [9.17, 15) is 18.0 Å². The van der Waals surface area contributed by atoms with E-state index >= 15 is 0 Å². The van der Waals surface area contributed by atoms with Gasteiger partial charge in [0.2, 0.25) is 0 Å². The maximum Gasteiger partial charge on any atom is 0.416 e. The van der Waals surface area contributed by atoms with Gasteiger partial charge in [-0.2, -0.15) is 13.2 Å². The van der Waals surface area contributed by atoms with Crippen LogP contribution in [0.15, 0.2) is 84.9 Å². The number of nitrogens with one attached hydrogen (secondary N) is 1. The van der Waals surface area contributed by atoms with Crippen molar-refractivity contribution in [3.63, 3.8) is 0 Å². The average Bonchev–Trinajstić information content (AvgIpc) is 2.94. The van der Waals surface area contributed by atoms with E-state index in [1.807, 2.05) is 51.1 Å². The maximum atomic E-state index is 13.1. The first kappa shape index (κ1) is 28.3. The highest BCUT2D eigenvalue weighted by Gasteiger charge is 2.30. The summed E-state index contributed by atoms with van der Waals surface area (Å²) in [5.41, 5.74) is 3.26. The molecule has 0 radical (unpaired) electrons. The second-order valence-electron chi connectivity index (χ2n) is 11.3. The lowest BCUT2D eigenvalue weighted by atomic mass is 10.0. The monoisotopic (exact) mass is 561 g/mol. The molecule has 41 heavy (non-hydrogen) atoms. The first-order valence-corrected chi connectivity index (χ1v) is 13.7. The smallest absolute Gasteiger partial charge is 0.416 e. The lowest BCUT2D eigenvalue weighted by molar-refractivity contribution is -0.137. The molecule has 1 aliphatic heterocycles. The van der Waals surface area contributed by atoms with Crippen LogP contribution in [0.3, 0.4) is 0 Å². The highest BCUT2D eigenvalue weighted by Crippen LogP contribution is 2.35. The van der Waals surface area contributed by atoms with Crippen molar-refractivity contribution in [3.05, 3.63) is 96.1 Å². The quantitative estimate of drug-likeness (QED) is 0.267. The summed E-state index contributed by atoms with van der Waals surface area (Å²) >= 11 is 0. The summed E-state index contributed by atoms with van der Waals surface area (Å²) in [5, 5.41) is 5.90. The summed E-state index contributed by atoms with van der Waals surface area (Å²) in [6.07, 6.45) is -4.69. The van der Waals surface area contributed by atoms with Crippen molar-refractivity contribution < 1.29 is 22.7 Å². The number of ether oxygens (including phenoxy) is 1. The van der Waals surface area contributed by atoms with E-state index < -0.39 is 17.3 Å². The van der Waals surface area contributed by atoms with E-state index in [-0.39, 0.29) is 6.09 Å². The third kappa shape index (κ3) is 6.93. The molecule has 1 saturated heterocycles. The molecule has 1 amide bonds. The second kappa shape index (κ2) is 11.4. The minimum Gasteiger partial charge on any atom is -0.444 e. The molecule has 214 valence electrons. The van der Waals surface area contributed by atoms with Gasteiger partial charge in [0.1, 0.15) is 5.60 Å². The van der Waals surface area contributed by atoms with Crippen LogP contribution in [0.2, 0.25) is 0 Å². The van der Waals surface area contributed by atoms with Gasteiger partial charge < -0.3 is 19.9 Å². The van der Waals surface area contributed by atoms with Gasteiger partial charge in [0.25, 0.3) is 0 Å². The van der Waals surface area contributed by atoms with Crippen LogP contribution in [0.4, 0.5) is 29.3 Å². The summed E-state index contributed by atoms with van der Waals surface area (Å²) in [6, 6.07) is 25.7. The first-order valence-electron chi connectivity index (χ1n) is 13.7. The Morgan fingerprint density at radius 1 is 0.805 bits per heavy atom. The molecular formula is C33H34F3N3O2. The number of hydrogen-bond donors (Lipinski definition) is 1. The molecule has 0 aromatic heterocycles. The standard InChI is InChI=1S/C33H34F3N3O2/c1-32(2,3)41-31(40)39-18-16-38(17-19-39)30-15-12-27(25-10-13-28(14-11-25)33(34,35)36)21-29(30)37-22-23-8-9-24-6-4-5-7-26(24)20-23/h4-15,20-21,37H,16-19,22H2,1-3H3. The van der Waals surface area contributed by atoms with Crippen LogP contribution in [0.1, 0.15) is 31.9 Å². The molecule has 5 rings (SSSR count). The Hall–Kier alpha value is -4.20. The highest BCUT2D eigenvalue weighted by atomic mass is 19.4. The number of alkyl halides is 3. The second-order valence-corrected chi connectivity index (χ2v) is 11.3. The normalized spacial score (nSPS) is 14.3. The molecule has 1 aliphatic rings. The Bertz CT molecular complexity index is 1520. The average molecular weight is 562 g/mol. The van der Waals surface area contributed by atoms with E-state index in [4.69, 9.17) is 4.74 Å². The van der Waals surface area contributed by atoms with Gasteiger partial charge in [-0.25, -0.2) is 4.79 Å². The summed E-state index contributed by atoms with van der Waals surface area (Å²) in [7, 11) is 0. The number of carbonyl (C=O) groups excluding carboxylic acids is 1. The predicted molar refractivity (Wildman–Crippen MR) is 158 cm³/mol. The molecule has 0 spiro atoms. The molecule has 5 nitrogen and oxygen atoms in total. The van der Waals surface area contributed by atoms with E-state index in [0.717, 1.165) is 40.0 Å². The van der Waals surface area contributed by atoms with E-state index in [2.05, 4.69) is 40.5 Å². The fourth-order valence-electron chi connectivity index (χ4n) is 4.99. The third-order valence-electron chi connectivity index (χ3n) is 7.11. The number of carbonyl (C=O) groups is 1. The number of hydrogen-bond acceptors (Lipinski definition) is 4. The van der Waals surface area contributed by atoms with Gasteiger partial charge in [-0.3, -0.25) is 0 Å². The molecular weight excluding hydrogens is 527 g/mol. The number of piperazine rings is 1. The zero-order chi connectivity index (χ0) is 29.2. The molecule has 0 atom stereocenters. The molecule has 1 N–H and O–H groups in total. The van der Waals surface area contributed by atoms with Gasteiger partial charge in [0.05, 0.1) is 16.9 Å². The van der Waals surface area contributed by atoms with Crippen molar-refractivity contribution in [3.8, 4) is 11.1 Å². The van der Waals surface area contributed by atoms with Gasteiger partial charge in [0, 0.05) is 32.7 Å². The molecule has 1 fully saturated rings. The summed E-state index contributed by atoms with van der Waals surface area (Å²) in [5.74, 6) is 0. The minimum atomic E-state index is -4.38. The predicted octanol–water partition coefficient (Wildman–Crippen LogP) is 8.19. The van der Waals surface area contributed by atoms with Gasteiger partial charge in [-0.15, -0.1) is 0 Å². The van der Waals surface area contributed by atoms with Crippen molar-refractivity contribution in [1.29, 1.82) is 0 Å². The van der Waals surface area contributed by atoms with Crippen LogP contribution >= 0.6 is 0 Å². The number of nitrogens with zero attached hydrogens (tertiary/aromatic N) is 2. The Balaban J connectivity index is 1.39. The molecule has 0 unspecified atom stereocenters. The van der Waals surface area contributed by atoms with E-state index in [0.29, 0.717) is 38.3 Å². The number of halogens is 3. The van der Waals surface area contributed by atoms with Crippen LogP contribution in [-0.4, -0.2) is 42.8 Å². The largest absolute Gasteiger partial charge is 0.444 e. The van der Waals surface area contributed by atoms with Crippen LogP contribution in [0.25, 0.3) is 21.9 Å². The van der Waals surface area contributed by atoms with Crippen LogP contribution in [-0.2, 0) is 17.5 Å². The van der Waals surface area contributed by atoms with Crippen LogP contribution in [0, 0.1) is 0 Å². The maximum absolute atomic E-state index is 13.1. The van der Waals surface area contributed by atoms with Gasteiger partial charge in [0.15, 0.2) is 0 Å². The summed E-state index contributed by atoms with van der Waals surface area (Å²) in [4.78, 5) is 16.5. The fraction of sp³-hybridized carbons (Fsp3) is 0.303. The molecule has 0 aliphatic carbocycles. The minimum absolute atomic E-state index is 0.315. The van der Waals surface area contributed by atoms with Crippen molar-refractivity contribution in [2.45, 2.75) is 39.1 Å². The van der Waals surface area contributed by atoms with Gasteiger partial charge in [-0.1, -0.05) is 54.6 Å². The zero-order valence-corrected chi connectivity index (χ0v) is 23.5. The van der Waals surface area contributed by atoms with Crippen LogP contribution in [0.5, 0.6) is 0 Å². The number of fused-ring (bicyclic) bond motifs is 1. The topological polar surface area (TPSA) is 44.8 Å². The fourth-order valence-corrected chi connectivity index (χ4v) is 4.99. The number of anilines is 2. The van der Waals surface area contributed by atoms with Crippen molar-refractivity contribution in [2.24, 2.45) is 0 Å². The molecule has 8 heteroatoms. The molecule has 4 aromatic rings. The van der Waals surface area contributed by atoms with Crippen molar-refractivity contribution in [2.75, 3.05) is 36.4 Å². The highest BCUT2D eigenvalue weighted by molar-refractivity contribution is 5.83. The molecule has 0 saturated carbocycles. The first-order chi connectivity index (χ1) is 19.5. The Morgan fingerprint density at radius 3 is 2.12 bits per heavy atom. The van der Waals surface area contributed by atoms with Crippen molar-refractivity contribution in [1.82, 2.24) is 4.90 Å². The molecule has 4 aromatic carbocycles. The lowest BCUT2D eigenvalue weighted by Crippen LogP contribution is -2.50.